The molecule has 2 aromatic carbocycles. The molecule has 1 aliphatic heterocycles. The number of aliphatic carboxylic acids is 1. The third-order valence-corrected chi connectivity index (χ3v) is 3.57. The summed E-state index contributed by atoms with van der Waals surface area (Å²) in [6, 6.07) is 16.0. The predicted molar refractivity (Wildman–Crippen MR) is 80.4 cm³/mol. The molecule has 5 nitrogen and oxygen atoms in total. The summed E-state index contributed by atoms with van der Waals surface area (Å²) in [5.74, 6) is -2.54. The van der Waals surface area contributed by atoms with Crippen LogP contribution in [0.1, 0.15) is 24.8 Å². The monoisotopic (exact) mass is 355 g/mol. The van der Waals surface area contributed by atoms with Crippen LogP contribution in [0.5, 0.6) is 0 Å². The number of amides is 2. The molecule has 3 rings (SSSR count). The van der Waals surface area contributed by atoms with E-state index < -0.39 is 29.7 Å². The van der Waals surface area contributed by atoms with E-state index in [-0.39, 0.29) is 23.5 Å². The third-order valence-electron chi connectivity index (χ3n) is 3.57. The molecule has 0 aromatic heterocycles. The van der Waals surface area contributed by atoms with Gasteiger partial charge in [0.15, 0.2) is 0 Å². The summed E-state index contributed by atoms with van der Waals surface area (Å²) in [7, 11) is 0. The molecule has 2 amide bonds. The number of hydrogen-bond acceptors (Lipinski definition) is 3. The maximum Gasteiger partial charge on any atom is 2.00 e. The number of carbonyl (C=O) groups is 3. The maximum atomic E-state index is 12.0. The Hall–Kier alpha value is -2.17. The molecule has 1 heterocycles. The number of nitrogens with zero attached hydrogens (tertiary/aromatic N) is 1. The summed E-state index contributed by atoms with van der Waals surface area (Å²) in [5, 5.41) is 8.85. The van der Waals surface area contributed by atoms with Gasteiger partial charge >= 0.3 is 23.0 Å². The summed E-state index contributed by atoms with van der Waals surface area (Å²) in [6.45, 7) is 1.34. The average Bonchev–Trinajstić information content (AvgIpc) is 3.21. The second kappa shape index (κ2) is 8.46. The zero-order chi connectivity index (χ0) is 16.1. The van der Waals surface area contributed by atoms with Gasteiger partial charge in [0.1, 0.15) is 6.04 Å². The van der Waals surface area contributed by atoms with Crippen molar-refractivity contribution in [3.05, 3.63) is 60.2 Å². The van der Waals surface area contributed by atoms with Crippen molar-refractivity contribution in [2.75, 3.05) is 0 Å². The first kappa shape index (κ1) is 18.9. The number of carboxylic acids is 1. The van der Waals surface area contributed by atoms with Crippen LogP contribution in [-0.2, 0) is 31.5 Å². The van der Waals surface area contributed by atoms with Crippen LogP contribution >= 0.6 is 0 Å². The van der Waals surface area contributed by atoms with Crippen molar-refractivity contribution in [2.45, 2.75) is 25.3 Å². The van der Waals surface area contributed by atoms with Crippen molar-refractivity contribution in [2.24, 2.45) is 0 Å². The first-order valence-electron chi connectivity index (χ1n) is 6.99. The van der Waals surface area contributed by atoms with Gasteiger partial charge in [0.05, 0.1) is 0 Å². The molecule has 1 aliphatic rings. The van der Waals surface area contributed by atoms with Crippen molar-refractivity contribution in [1.29, 1.82) is 0 Å². The Morgan fingerprint density at radius 3 is 2.26 bits per heavy atom. The summed E-state index contributed by atoms with van der Waals surface area (Å²) in [4.78, 5) is 35.4. The third kappa shape index (κ3) is 4.40. The fraction of sp³-hybridized carbons (Fsp3) is 0.235. The molecule has 0 saturated carbocycles. The number of carbonyl (C=O) groups excluding carboxylic acids is 2. The number of hydrogen-bond donors (Lipinski definition) is 1. The van der Waals surface area contributed by atoms with Crippen LogP contribution in [0.3, 0.4) is 0 Å². The zero-order valence-corrected chi connectivity index (χ0v) is 13.6. The van der Waals surface area contributed by atoms with Gasteiger partial charge in [-0.15, -0.1) is 5.56 Å². The normalized spacial score (nSPS) is 18.0. The molecule has 122 valence electrons. The smallest absolute Gasteiger partial charge is 0.480 e. The van der Waals surface area contributed by atoms with Crippen LogP contribution in [0, 0.1) is 0 Å². The van der Waals surface area contributed by atoms with Gasteiger partial charge in [0.2, 0.25) is 11.8 Å². The van der Waals surface area contributed by atoms with Gasteiger partial charge in [-0.2, -0.15) is 30.3 Å². The first-order valence-corrected chi connectivity index (χ1v) is 6.99. The zero-order valence-electron chi connectivity index (χ0n) is 12.5. The van der Waals surface area contributed by atoms with Gasteiger partial charge in [0.25, 0.3) is 0 Å². The Morgan fingerprint density at radius 1 is 1.26 bits per heavy atom. The Balaban J connectivity index is 0.000000377. The van der Waals surface area contributed by atoms with Gasteiger partial charge in [-0.3, -0.25) is 14.5 Å². The number of rotatable bonds is 3. The minimum absolute atomic E-state index is 0. The van der Waals surface area contributed by atoms with E-state index in [1.165, 1.54) is 6.92 Å². The molecule has 2 atom stereocenters. The molecule has 23 heavy (non-hydrogen) atoms. The topological polar surface area (TPSA) is 74.7 Å². The van der Waals surface area contributed by atoms with Crippen LogP contribution in [-0.4, -0.2) is 33.8 Å². The Labute approximate surface area is 145 Å². The van der Waals surface area contributed by atoms with E-state index in [0.29, 0.717) is 0 Å². The second-order valence-electron chi connectivity index (χ2n) is 5.05. The van der Waals surface area contributed by atoms with Crippen LogP contribution in [0.4, 0.5) is 0 Å². The van der Waals surface area contributed by atoms with Gasteiger partial charge in [-0.25, -0.2) is 29.1 Å². The van der Waals surface area contributed by atoms with Crippen molar-refractivity contribution >= 4 is 17.8 Å². The van der Waals surface area contributed by atoms with Crippen molar-refractivity contribution < 1.29 is 36.6 Å². The molecule has 6 heteroatoms. The molecule has 0 bridgehead atoms. The van der Waals surface area contributed by atoms with Gasteiger partial charge in [0, 0.05) is 12.3 Å². The summed E-state index contributed by atoms with van der Waals surface area (Å²) in [6.07, 6.45) is 0.0560. The molecular formula is C17H17FeNO4. The van der Waals surface area contributed by atoms with E-state index in [1.54, 1.807) is 24.3 Å². The summed E-state index contributed by atoms with van der Waals surface area (Å²) >= 11 is 0. The quantitative estimate of drug-likeness (QED) is 0.520. The summed E-state index contributed by atoms with van der Waals surface area (Å²) in [5.41, 5.74) is 0.767. The Morgan fingerprint density at radius 2 is 1.83 bits per heavy atom. The first-order chi connectivity index (χ1) is 10.5. The standard InChI is InChI=1S/C12H12NO4.C5H5.Fe/c1-7(12(16)17)13-10(14)6-9(11(13)15)8-4-2-3-5-8;1-2-4-5-3-1;/h2-5,7,9H,6H2,1H3,(H,16,17);1-5H;/q2*-1;+2. The van der Waals surface area contributed by atoms with Crippen LogP contribution < -0.4 is 0 Å². The van der Waals surface area contributed by atoms with Crippen LogP contribution in [0.2, 0.25) is 0 Å². The van der Waals surface area contributed by atoms with Gasteiger partial charge in [-0.05, 0) is 6.92 Å². The fourth-order valence-corrected chi connectivity index (χ4v) is 2.37. The van der Waals surface area contributed by atoms with Crippen LogP contribution in [0.15, 0.2) is 54.6 Å². The summed E-state index contributed by atoms with van der Waals surface area (Å²) < 4.78 is 0. The van der Waals surface area contributed by atoms with Crippen molar-refractivity contribution in [3.63, 3.8) is 0 Å². The molecule has 2 aromatic rings. The number of carboxylic acid groups (broad SMARTS) is 1. The molecule has 0 spiro atoms. The molecule has 2 unspecified atom stereocenters. The molecule has 0 aliphatic carbocycles. The predicted octanol–water partition coefficient (Wildman–Crippen LogP) is 2.12. The van der Waals surface area contributed by atoms with Gasteiger partial charge in [-0.1, -0.05) is 0 Å². The van der Waals surface area contributed by atoms with E-state index in [9.17, 15) is 14.4 Å². The van der Waals surface area contributed by atoms with Crippen molar-refractivity contribution in [3.8, 4) is 0 Å². The molecule has 0 radical (unpaired) electrons. The minimum Gasteiger partial charge on any atom is -0.480 e. The number of imide groups is 1. The van der Waals surface area contributed by atoms with E-state index >= 15 is 0 Å². The molecule has 1 N–H and O–H groups in total. The van der Waals surface area contributed by atoms with E-state index in [2.05, 4.69) is 0 Å². The van der Waals surface area contributed by atoms with Crippen molar-refractivity contribution in [1.82, 2.24) is 4.90 Å². The minimum atomic E-state index is -1.17. The molecule has 1 fully saturated rings. The average molecular weight is 355 g/mol. The molecule has 1 saturated heterocycles. The SMILES string of the molecule is CC(C(=O)O)N1C(=O)CC([c-]2cccc2)C1=O.[Fe+2].c1cc[cH-]c1. The van der Waals surface area contributed by atoms with E-state index in [1.807, 2.05) is 30.3 Å². The maximum absolute atomic E-state index is 12.0. The van der Waals surface area contributed by atoms with Crippen LogP contribution in [0.25, 0.3) is 0 Å². The van der Waals surface area contributed by atoms with E-state index in [0.717, 1.165) is 10.5 Å². The largest absolute Gasteiger partial charge is 2.00 e. The Kier molecular flexibility index (Phi) is 6.94. The van der Waals surface area contributed by atoms with E-state index in [4.69, 9.17) is 5.11 Å². The number of likely N-dealkylation sites (tertiary alicyclic amines) is 1. The van der Waals surface area contributed by atoms with Gasteiger partial charge < -0.3 is 5.11 Å². The second-order valence-corrected chi connectivity index (χ2v) is 5.05. The molecular weight excluding hydrogens is 338 g/mol. The Bertz CT molecular complexity index is 616. The fourth-order valence-electron chi connectivity index (χ4n) is 2.37.